The predicted molar refractivity (Wildman–Crippen MR) is 168 cm³/mol. The average Bonchev–Trinajstić information content (AvgIpc) is 3.68. The molecule has 2 heterocycles. The standard InChI is InChI=1S/C30H28N6O2.2ClH/c37-27(35-25-11-7-23(8-12-25)29-31-17-18-32-29)15-5-21-1-2-22(4-3-21)6-16-28(38)36-26-13-9-24(10-14-26)30-33-19-20-34-30;;/h1-16H,17-20H2,(H,31,32)(H,33,34)(H,35,37)(H,36,38);2*1H/b15-5+,16-6+;;. The molecule has 0 aliphatic carbocycles. The van der Waals surface area contributed by atoms with Crippen LogP contribution in [0.25, 0.3) is 12.2 Å². The van der Waals surface area contributed by atoms with E-state index in [0.29, 0.717) is 0 Å². The highest BCUT2D eigenvalue weighted by Crippen LogP contribution is 2.14. The zero-order valence-corrected chi connectivity index (χ0v) is 23.2. The summed E-state index contributed by atoms with van der Waals surface area (Å²) in [6.45, 7) is 3.29. The molecule has 2 aliphatic rings. The number of hydrogen-bond donors (Lipinski definition) is 4. The first kappa shape index (κ1) is 30.1. The van der Waals surface area contributed by atoms with Gasteiger partial charge >= 0.3 is 0 Å². The lowest BCUT2D eigenvalue weighted by Gasteiger charge is -2.05. The van der Waals surface area contributed by atoms with Gasteiger partial charge in [-0.3, -0.25) is 19.6 Å². The van der Waals surface area contributed by atoms with Crippen molar-refractivity contribution in [3.63, 3.8) is 0 Å². The summed E-state index contributed by atoms with van der Waals surface area (Å²) in [6.07, 6.45) is 6.49. The van der Waals surface area contributed by atoms with Gasteiger partial charge in [-0.1, -0.05) is 24.3 Å². The van der Waals surface area contributed by atoms with Crippen molar-refractivity contribution in [2.24, 2.45) is 9.98 Å². The van der Waals surface area contributed by atoms with Gasteiger partial charge in [0, 0.05) is 47.7 Å². The lowest BCUT2D eigenvalue weighted by Crippen LogP contribution is -2.19. The Kier molecular flexibility index (Phi) is 11.1. The molecule has 2 aliphatic heterocycles. The number of hydrogen-bond acceptors (Lipinski definition) is 6. The number of benzene rings is 3. The second-order valence-electron chi connectivity index (χ2n) is 8.78. The van der Waals surface area contributed by atoms with Crippen LogP contribution in [0.2, 0.25) is 0 Å². The van der Waals surface area contributed by atoms with Gasteiger partial charge in [-0.15, -0.1) is 24.8 Å². The molecule has 3 aromatic rings. The number of nitrogens with one attached hydrogen (secondary N) is 4. The monoisotopic (exact) mass is 576 g/mol. The van der Waals surface area contributed by atoms with E-state index in [1.165, 1.54) is 12.2 Å². The van der Waals surface area contributed by atoms with E-state index < -0.39 is 0 Å². The van der Waals surface area contributed by atoms with E-state index in [4.69, 9.17) is 0 Å². The van der Waals surface area contributed by atoms with Gasteiger partial charge in [0.1, 0.15) is 11.7 Å². The summed E-state index contributed by atoms with van der Waals surface area (Å²) in [5.41, 5.74) is 5.20. The highest BCUT2D eigenvalue weighted by Gasteiger charge is 2.09. The molecule has 2 amide bonds. The van der Waals surface area contributed by atoms with Crippen LogP contribution in [0.15, 0.2) is 94.9 Å². The van der Waals surface area contributed by atoms with Crippen molar-refractivity contribution in [1.29, 1.82) is 0 Å². The summed E-state index contributed by atoms with van der Waals surface area (Å²) in [5, 5.41) is 12.2. The van der Waals surface area contributed by atoms with Crippen LogP contribution in [-0.4, -0.2) is 49.7 Å². The Bertz CT molecular complexity index is 1320. The molecule has 0 saturated heterocycles. The van der Waals surface area contributed by atoms with Crippen LogP contribution in [0.3, 0.4) is 0 Å². The number of carbonyl (C=O) groups excluding carboxylic acids is 2. The quantitative estimate of drug-likeness (QED) is 0.295. The normalized spacial score (nSPS) is 13.9. The predicted octanol–water partition coefficient (Wildman–Crippen LogP) is 4.53. The number of nitrogens with zero attached hydrogens (tertiary/aromatic N) is 2. The summed E-state index contributed by atoms with van der Waals surface area (Å²) in [6, 6.07) is 22.7. The second kappa shape index (κ2) is 14.7. The molecule has 0 aromatic heterocycles. The average molecular weight is 578 g/mol. The van der Waals surface area contributed by atoms with Gasteiger partial charge in [-0.05, 0) is 71.8 Å². The topological polar surface area (TPSA) is 107 Å². The highest BCUT2D eigenvalue weighted by atomic mass is 35.5. The molecule has 4 N–H and O–H groups in total. The van der Waals surface area contributed by atoms with Gasteiger partial charge in [0.15, 0.2) is 0 Å². The number of anilines is 2. The van der Waals surface area contributed by atoms with Crippen LogP contribution in [0.5, 0.6) is 0 Å². The summed E-state index contributed by atoms with van der Waals surface area (Å²) >= 11 is 0. The van der Waals surface area contributed by atoms with Gasteiger partial charge in [0.05, 0.1) is 13.1 Å². The molecule has 10 heteroatoms. The minimum absolute atomic E-state index is 0. The molecule has 0 spiro atoms. The van der Waals surface area contributed by atoms with Crippen molar-refractivity contribution in [3.05, 3.63) is 107 Å². The smallest absolute Gasteiger partial charge is 0.248 e. The van der Waals surface area contributed by atoms with Gasteiger partial charge in [0.25, 0.3) is 0 Å². The fourth-order valence-electron chi connectivity index (χ4n) is 4.04. The van der Waals surface area contributed by atoms with Crippen molar-refractivity contribution in [3.8, 4) is 0 Å². The second-order valence-corrected chi connectivity index (χ2v) is 8.78. The van der Waals surface area contributed by atoms with Crippen LogP contribution in [0, 0.1) is 0 Å². The zero-order chi connectivity index (χ0) is 26.2. The molecular formula is C30H30Cl2N6O2. The number of aliphatic imine (C=N–C) groups is 2. The lowest BCUT2D eigenvalue weighted by molar-refractivity contribution is -0.112. The summed E-state index contributed by atoms with van der Waals surface area (Å²) < 4.78 is 0. The Morgan fingerprint density at radius 2 is 0.975 bits per heavy atom. The fourth-order valence-corrected chi connectivity index (χ4v) is 4.04. The lowest BCUT2D eigenvalue weighted by atomic mass is 10.1. The van der Waals surface area contributed by atoms with E-state index in [-0.39, 0.29) is 36.6 Å². The molecule has 0 atom stereocenters. The van der Waals surface area contributed by atoms with Gasteiger partial charge in [-0.25, -0.2) is 0 Å². The summed E-state index contributed by atoms with van der Waals surface area (Å²) in [4.78, 5) is 33.4. The number of amidine groups is 2. The Hall–Kier alpha value is -4.40. The minimum Gasteiger partial charge on any atom is -0.368 e. The Balaban J connectivity index is 0.00000220. The number of rotatable bonds is 8. The molecule has 0 fully saturated rings. The molecule has 0 unspecified atom stereocenters. The molecular weight excluding hydrogens is 547 g/mol. The van der Waals surface area contributed by atoms with Crippen molar-refractivity contribution in [1.82, 2.24) is 10.6 Å². The number of halogens is 2. The highest BCUT2D eigenvalue weighted by molar-refractivity contribution is 6.04. The first-order valence-corrected chi connectivity index (χ1v) is 12.5. The Morgan fingerprint density at radius 1 is 0.600 bits per heavy atom. The Morgan fingerprint density at radius 3 is 1.30 bits per heavy atom. The molecule has 206 valence electrons. The van der Waals surface area contributed by atoms with Crippen LogP contribution in [0.4, 0.5) is 11.4 Å². The minimum atomic E-state index is -0.213. The number of amides is 2. The largest absolute Gasteiger partial charge is 0.368 e. The van der Waals surface area contributed by atoms with Crippen LogP contribution in [0.1, 0.15) is 22.3 Å². The van der Waals surface area contributed by atoms with E-state index >= 15 is 0 Å². The molecule has 0 bridgehead atoms. The molecule has 8 nitrogen and oxygen atoms in total. The fraction of sp³-hybridized carbons (Fsp3) is 0.133. The first-order chi connectivity index (χ1) is 18.6. The van der Waals surface area contributed by atoms with E-state index in [2.05, 4.69) is 31.3 Å². The third-order valence-electron chi connectivity index (χ3n) is 5.99. The van der Waals surface area contributed by atoms with Crippen molar-refractivity contribution >= 4 is 71.8 Å². The summed E-state index contributed by atoms with van der Waals surface area (Å²) in [7, 11) is 0. The summed E-state index contributed by atoms with van der Waals surface area (Å²) in [5.74, 6) is 1.35. The Labute approximate surface area is 245 Å². The molecule has 3 aromatic carbocycles. The van der Waals surface area contributed by atoms with Gasteiger partial charge in [0.2, 0.25) is 11.8 Å². The van der Waals surface area contributed by atoms with Crippen molar-refractivity contribution in [2.75, 3.05) is 36.8 Å². The van der Waals surface area contributed by atoms with Crippen LogP contribution in [-0.2, 0) is 9.59 Å². The molecule has 0 radical (unpaired) electrons. The first-order valence-electron chi connectivity index (χ1n) is 12.5. The maximum atomic E-state index is 12.3. The van der Waals surface area contributed by atoms with E-state index in [1.54, 1.807) is 12.2 Å². The third-order valence-corrected chi connectivity index (χ3v) is 5.99. The van der Waals surface area contributed by atoms with Crippen LogP contribution >= 0.6 is 24.8 Å². The molecule has 0 saturated carbocycles. The van der Waals surface area contributed by atoms with E-state index in [9.17, 15) is 9.59 Å². The molecule has 40 heavy (non-hydrogen) atoms. The van der Waals surface area contributed by atoms with Crippen molar-refractivity contribution in [2.45, 2.75) is 0 Å². The van der Waals surface area contributed by atoms with E-state index in [0.717, 1.165) is 71.5 Å². The SMILES string of the molecule is Cl.Cl.O=C(/C=C/c1ccc(/C=C/C(=O)Nc2ccc(C3=NCCN3)cc2)cc1)Nc1ccc(C2=NCCN2)cc1. The third kappa shape index (κ3) is 8.30. The van der Waals surface area contributed by atoms with Gasteiger partial charge in [-0.2, -0.15) is 0 Å². The maximum Gasteiger partial charge on any atom is 0.248 e. The molecule has 5 rings (SSSR count). The maximum absolute atomic E-state index is 12.3. The van der Waals surface area contributed by atoms with Gasteiger partial charge < -0.3 is 21.3 Å². The number of carbonyl (C=O) groups is 2. The van der Waals surface area contributed by atoms with Crippen LogP contribution < -0.4 is 21.3 Å². The van der Waals surface area contributed by atoms with Crippen molar-refractivity contribution < 1.29 is 9.59 Å². The zero-order valence-electron chi connectivity index (χ0n) is 21.6. The van der Waals surface area contributed by atoms with E-state index in [1.807, 2.05) is 72.8 Å².